The first-order valence-electron chi connectivity index (χ1n) is 8.53. The molecule has 1 aliphatic rings. The van der Waals surface area contributed by atoms with E-state index in [2.05, 4.69) is 15.9 Å². The Morgan fingerprint density at radius 3 is 2.52 bits per heavy atom. The Balaban J connectivity index is 1.84. The number of benzene rings is 2. The Bertz CT molecular complexity index is 1010. The molecule has 1 fully saturated rings. The summed E-state index contributed by atoms with van der Waals surface area (Å²) in [6.07, 6.45) is 1.66. The Morgan fingerprint density at radius 1 is 1.14 bits per heavy atom. The zero-order chi connectivity index (χ0) is 21.1. The van der Waals surface area contributed by atoms with Gasteiger partial charge in [-0.15, -0.1) is 0 Å². The number of ether oxygens (including phenoxy) is 2. The molecule has 0 aromatic heterocycles. The Labute approximate surface area is 191 Å². The van der Waals surface area contributed by atoms with Gasteiger partial charge >= 0.3 is 0 Å². The smallest absolute Gasteiger partial charge is 0.293 e. The van der Waals surface area contributed by atoms with Crippen molar-refractivity contribution in [2.45, 2.75) is 13.5 Å². The predicted octanol–water partition coefficient (Wildman–Crippen LogP) is 6.40. The molecule has 0 saturated carbocycles. The number of thioether (sulfide) groups is 1. The van der Waals surface area contributed by atoms with Crippen LogP contribution in [0.25, 0.3) is 6.08 Å². The third-order valence-corrected chi connectivity index (χ3v) is 6.47. The molecule has 3 rings (SSSR count). The van der Waals surface area contributed by atoms with E-state index in [0.29, 0.717) is 43.0 Å². The van der Waals surface area contributed by atoms with E-state index in [9.17, 15) is 9.59 Å². The number of likely N-dealkylation sites (N-methyl/N-ethyl adjacent to an activating group) is 1. The molecule has 9 heteroatoms. The largest absolute Gasteiger partial charge is 0.493 e. The number of hydrogen-bond acceptors (Lipinski definition) is 5. The number of carbonyl (C=O) groups excluding carboxylic acids is 2. The van der Waals surface area contributed by atoms with Gasteiger partial charge in [-0.1, -0.05) is 45.2 Å². The van der Waals surface area contributed by atoms with Crippen LogP contribution in [0.2, 0.25) is 10.0 Å². The van der Waals surface area contributed by atoms with Gasteiger partial charge in [-0.2, -0.15) is 0 Å². The fourth-order valence-corrected chi connectivity index (χ4v) is 4.29. The van der Waals surface area contributed by atoms with E-state index >= 15 is 0 Å². The third kappa shape index (κ3) is 4.91. The molecular weight excluding hydrogens is 501 g/mol. The van der Waals surface area contributed by atoms with E-state index in [-0.39, 0.29) is 17.8 Å². The molecule has 0 aliphatic carbocycles. The molecule has 2 aromatic carbocycles. The van der Waals surface area contributed by atoms with Crippen molar-refractivity contribution >= 4 is 68.1 Å². The van der Waals surface area contributed by atoms with Crippen LogP contribution in [-0.2, 0) is 11.4 Å². The summed E-state index contributed by atoms with van der Waals surface area (Å²) in [4.78, 5) is 25.8. The minimum atomic E-state index is -0.298. The zero-order valence-corrected chi connectivity index (χ0v) is 19.4. The number of carbonyl (C=O) groups is 2. The highest BCUT2D eigenvalue weighted by Gasteiger charge is 2.33. The highest BCUT2D eigenvalue weighted by atomic mass is 79.9. The van der Waals surface area contributed by atoms with Gasteiger partial charge in [0.05, 0.1) is 22.1 Å². The quantitative estimate of drug-likeness (QED) is 0.416. The molecule has 0 unspecified atom stereocenters. The number of halogens is 3. The van der Waals surface area contributed by atoms with E-state index in [1.807, 2.05) is 6.07 Å². The van der Waals surface area contributed by atoms with Crippen molar-refractivity contribution in [1.82, 2.24) is 4.90 Å². The highest BCUT2D eigenvalue weighted by Crippen LogP contribution is 2.38. The second-order valence-corrected chi connectivity index (χ2v) is 8.65. The number of hydrogen-bond donors (Lipinski definition) is 0. The summed E-state index contributed by atoms with van der Waals surface area (Å²) in [6.45, 7) is 2.38. The summed E-state index contributed by atoms with van der Waals surface area (Å²) in [5.41, 5.74) is 1.56. The van der Waals surface area contributed by atoms with Crippen molar-refractivity contribution in [3.05, 3.63) is 60.9 Å². The fraction of sp³-hybridized carbons (Fsp3) is 0.200. The van der Waals surface area contributed by atoms with Gasteiger partial charge in [0.25, 0.3) is 11.1 Å². The minimum Gasteiger partial charge on any atom is -0.493 e. The maximum Gasteiger partial charge on any atom is 0.293 e. The van der Waals surface area contributed by atoms with Gasteiger partial charge in [0.15, 0.2) is 11.5 Å². The predicted molar refractivity (Wildman–Crippen MR) is 120 cm³/mol. The summed E-state index contributed by atoms with van der Waals surface area (Å²) in [6, 6.07) is 8.78. The molecule has 0 N–H and O–H groups in total. The van der Waals surface area contributed by atoms with Crippen molar-refractivity contribution < 1.29 is 19.1 Å². The molecule has 0 atom stereocenters. The van der Waals surface area contributed by atoms with Gasteiger partial charge in [0.2, 0.25) is 0 Å². The van der Waals surface area contributed by atoms with Crippen molar-refractivity contribution in [3.8, 4) is 11.5 Å². The highest BCUT2D eigenvalue weighted by molar-refractivity contribution is 9.10. The van der Waals surface area contributed by atoms with Crippen LogP contribution in [0.5, 0.6) is 11.5 Å². The van der Waals surface area contributed by atoms with Crippen LogP contribution in [0, 0.1) is 0 Å². The summed E-state index contributed by atoms with van der Waals surface area (Å²) in [7, 11) is 1.53. The molecule has 1 aliphatic heterocycles. The van der Waals surface area contributed by atoms with Crippen LogP contribution in [0.4, 0.5) is 4.79 Å². The lowest BCUT2D eigenvalue weighted by molar-refractivity contribution is -0.122. The van der Waals surface area contributed by atoms with E-state index in [4.69, 9.17) is 32.7 Å². The van der Waals surface area contributed by atoms with Gasteiger partial charge in [-0.3, -0.25) is 14.5 Å². The second-order valence-electron chi connectivity index (χ2n) is 5.99. The van der Waals surface area contributed by atoms with Crippen LogP contribution in [-0.4, -0.2) is 29.7 Å². The minimum absolute atomic E-state index is 0.270. The van der Waals surface area contributed by atoms with Gasteiger partial charge in [0.1, 0.15) is 6.61 Å². The van der Waals surface area contributed by atoms with Crippen LogP contribution >= 0.6 is 50.9 Å². The second kappa shape index (κ2) is 9.43. The molecular formula is C20H16BrCl2NO4S. The summed E-state index contributed by atoms with van der Waals surface area (Å²) < 4.78 is 12.0. The lowest BCUT2D eigenvalue weighted by Gasteiger charge is -2.13. The molecule has 5 nitrogen and oxygen atoms in total. The molecule has 0 radical (unpaired) electrons. The van der Waals surface area contributed by atoms with Gasteiger partial charge < -0.3 is 9.47 Å². The van der Waals surface area contributed by atoms with Crippen molar-refractivity contribution in [3.63, 3.8) is 0 Å². The third-order valence-electron chi connectivity index (χ3n) is 4.14. The Morgan fingerprint density at radius 2 is 1.90 bits per heavy atom. The maximum absolute atomic E-state index is 12.3. The molecule has 0 spiro atoms. The van der Waals surface area contributed by atoms with Gasteiger partial charge in [-0.25, -0.2) is 0 Å². The first-order valence-corrected chi connectivity index (χ1v) is 10.9. The van der Waals surface area contributed by atoms with Crippen LogP contribution in [0.1, 0.15) is 18.1 Å². The summed E-state index contributed by atoms with van der Waals surface area (Å²) >= 11 is 16.4. The monoisotopic (exact) mass is 515 g/mol. The van der Waals surface area contributed by atoms with E-state index in [1.165, 1.54) is 12.0 Å². The van der Waals surface area contributed by atoms with E-state index in [0.717, 1.165) is 17.3 Å². The first kappa shape index (κ1) is 22.0. The Kier molecular flexibility index (Phi) is 7.16. The standard InChI is InChI=1S/C20H16BrCl2NO4S/c1-3-24-19(25)18(29-20(24)26)8-12-7-16(27-2)17(9-13(12)21)28-10-11-4-5-14(22)15(23)6-11/h4-9H,3,10H2,1-2H3/b18-8+. The average Bonchev–Trinajstić information content (AvgIpc) is 2.96. The lowest BCUT2D eigenvalue weighted by atomic mass is 10.1. The normalized spacial score (nSPS) is 15.3. The average molecular weight is 517 g/mol. The van der Waals surface area contributed by atoms with Crippen molar-refractivity contribution in [2.75, 3.05) is 13.7 Å². The number of rotatable bonds is 6. The number of methoxy groups -OCH3 is 1. The molecule has 1 saturated heterocycles. The molecule has 2 amide bonds. The first-order chi connectivity index (χ1) is 13.8. The molecule has 0 bridgehead atoms. The van der Waals surface area contributed by atoms with Crippen LogP contribution in [0.3, 0.4) is 0 Å². The summed E-state index contributed by atoms with van der Waals surface area (Å²) in [5, 5.41) is 0.665. The van der Waals surface area contributed by atoms with Crippen molar-refractivity contribution in [2.24, 2.45) is 0 Å². The SMILES string of the molecule is CCN1C(=O)S/C(=C/c2cc(OC)c(OCc3ccc(Cl)c(Cl)c3)cc2Br)C1=O. The number of imide groups is 1. The maximum atomic E-state index is 12.3. The fourth-order valence-electron chi connectivity index (χ4n) is 2.64. The van der Waals surface area contributed by atoms with Gasteiger partial charge in [-0.05, 0) is 60.2 Å². The molecule has 1 heterocycles. The van der Waals surface area contributed by atoms with E-state index < -0.39 is 0 Å². The Hall–Kier alpha value is -1.67. The van der Waals surface area contributed by atoms with Gasteiger partial charge in [0, 0.05) is 11.0 Å². The number of amides is 2. The topological polar surface area (TPSA) is 55.8 Å². The van der Waals surface area contributed by atoms with Crippen LogP contribution < -0.4 is 9.47 Å². The summed E-state index contributed by atoms with van der Waals surface area (Å²) in [5.74, 6) is 0.715. The lowest BCUT2D eigenvalue weighted by Crippen LogP contribution is -2.27. The van der Waals surface area contributed by atoms with Crippen LogP contribution in [0.15, 0.2) is 39.7 Å². The molecule has 152 valence electrons. The van der Waals surface area contributed by atoms with Crippen molar-refractivity contribution in [1.29, 1.82) is 0 Å². The molecule has 2 aromatic rings. The number of nitrogens with zero attached hydrogens (tertiary/aromatic N) is 1. The zero-order valence-electron chi connectivity index (χ0n) is 15.5. The molecule has 29 heavy (non-hydrogen) atoms. The van der Waals surface area contributed by atoms with E-state index in [1.54, 1.807) is 37.3 Å².